The molecule has 4 nitrogen and oxygen atoms in total. The van der Waals surface area contributed by atoms with E-state index in [9.17, 15) is 9.59 Å². The largest absolute Gasteiger partial charge is 0.341 e. The lowest BCUT2D eigenvalue weighted by Gasteiger charge is -2.20. The molecule has 2 amide bonds. The highest BCUT2D eigenvalue weighted by molar-refractivity contribution is 5.91. The zero-order chi connectivity index (χ0) is 15.2. The predicted molar refractivity (Wildman–Crippen MR) is 83.7 cm³/mol. The van der Waals surface area contributed by atoms with Gasteiger partial charge in [0.25, 0.3) is 0 Å². The SMILES string of the molecule is CC(=O)N1CCCN(C(=O)/C=C/c2ccc(C)cc2)CC1. The highest BCUT2D eigenvalue weighted by atomic mass is 16.2. The predicted octanol–water partition coefficient (Wildman–Crippen LogP) is 2.09. The number of hydrogen-bond acceptors (Lipinski definition) is 2. The maximum atomic E-state index is 12.2. The van der Waals surface area contributed by atoms with Crippen LogP contribution in [0, 0.1) is 6.92 Å². The van der Waals surface area contributed by atoms with Gasteiger partial charge in [-0.2, -0.15) is 0 Å². The van der Waals surface area contributed by atoms with Crippen LogP contribution in [0.1, 0.15) is 24.5 Å². The molecule has 0 N–H and O–H groups in total. The standard InChI is InChI=1S/C17H22N2O2/c1-14-4-6-16(7-5-14)8-9-17(21)19-11-3-10-18(12-13-19)15(2)20/h4-9H,3,10-13H2,1-2H3/b9-8+. The molecule has 112 valence electrons. The normalized spacial score (nSPS) is 16.1. The van der Waals surface area contributed by atoms with Crippen LogP contribution in [0.15, 0.2) is 30.3 Å². The van der Waals surface area contributed by atoms with Crippen LogP contribution in [0.4, 0.5) is 0 Å². The van der Waals surface area contributed by atoms with E-state index in [1.807, 2.05) is 42.2 Å². The molecule has 0 aromatic heterocycles. The number of hydrogen-bond donors (Lipinski definition) is 0. The zero-order valence-electron chi connectivity index (χ0n) is 12.7. The van der Waals surface area contributed by atoms with Crippen LogP contribution in [0.25, 0.3) is 6.08 Å². The Kier molecular flexibility index (Phi) is 5.14. The lowest BCUT2D eigenvalue weighted by Crippen LogP contribution is -2.35. The quantitative estimate of drug-likeness (QED) is 0.781. The molecule has 1 heterocycles. The van der Waals surface area contributed by atoms with Gasteiger partial charge in [-0.15, -0.1) is 0 Å². The average Bonchev–Trinajstić information content (AvgIpc) is 2.72. The van der Waals surface area contributed by atoms with Crippen LogP contribution in [-0.4, -0.2) is 47.8 Å². The summed E-state index contributed by atoms with van der Waals surface area (Å²) in [6, 6.07) is 8.06. The summed E-state index contributed by atoms with van der Waals surface area (Å²) in [5, 5.41) is 0. The van der Waals surface area contributed by atoms with Gasteiger partial charge in [-0.1, -0.05) is 29.8 Å². The van der Waals surface area contributed by atoms with Crippen molar-refractivity contribution in [1.82, 2.24) is 9.80 Å². The molecule has 1 aliphatic heterocycles. The molecular formula is C17H22N2O2. The van der Waals surface area contributed by atoms with Crippen LogP contribution in [-0.2, 0) is 9.59 Å². The molecule has 1 aromatic rings. The molecule has 1 aliphatic rings. The van der Waals surface area contributed by atoms with Crippen molar-refractivity contribution < 1.29 is 9.59 Å². The van der Waals surface area contributed by atoms with Gasteiger partial charge < -0.3 is 9.80 Å². The monoisotopic (exact) mass is 286 g/mol. The third-order valence-corrected chi connectivity index (χ3v) is 3.75. The Labute approximate surface area is 126 Å². The van der Waals surface area contributed by atoms with Crippen molar-refractivity contribution >= 4 is 17.9 Å². The molecule has 21 heavy (non-hydrogen) atoms. The Balaban J connectivity index is 1.93. The number of amides is 2. The molecule has 1 saturated heterocycles. The van der Waals surface area contributed by atoms with Gasteiger partial charge in [-0.05, 0) is 25.0 Å². The molecule has 1 fully saturated rings. The van der Waals surface area contributed by atoms with Crippen molar-refractivity contribution in [2.75, 3.05) is 26.2 Å². The van der Waals surface area contributed by atoms with Gasteiger partial charge in [0.15, 0.2) is 0 Å². The van der Waals surface area contributed by atoms with E-state index in [2.05, 4.69) is 0 Å². The van der Waals surface area contributed by atoms with E-state index >= 15 is 0 Å². The van der Waals surface area contributed by atoms with E-state index in [0.29, 0.717) is 19.6 Å². The molecule has 1 aromatic carbocycles. The lowest BCUT2D eigenvalue weighted by molar-refractivity contribution is -0.130. The summed E-state index contributed by atoms with van der Waals surface area (Å²) in [7, 11) is 0. The van der Waals surface area contributed by atoms with Crippen molar-refractivity contribution in [1.29, 1.82) is 0 Å². The van der Waals surface area contributed by atoms with Crippen LogP contribution < -0.4 is 0 Å². The second kappa shape index (κ2) is 7.07. The Morgan fingerprint density at radius 3 is 2.29 bits per heavy atom. The first-order valence-electron chi connectivity index (χ1n) is 7.35. The van der Waals surface area contributed by atoms with E-state index < -0.39 is 0 Å². The first-order chi connectivity index (χ1) is 10.1. The van der Waals surface area contributed by atoms with Crippen molar-refractivity contribution in [2.45, 2.75) is 20.3 Å². The fourth-order valence-electron chi connectivity index (χ4n) is 2.40. The van der Waals surface area contributed by atoms with Gasteiger partial charge >= 0.3 is 0 Å². The number of carbonyl (C=O) groups excluding carboxylic acids is 2. The third-order valence-electron chi connectivity index (χ3n) is 3.75. The van der Waals surface area contributed by atoms with E-state index in [-0.39, 0.29) is 11.8 Å². The molecule has 4 heteroatoms. The summed E-state index contributed by atoms with van der Waals surface area (Å²) in [5.41, 5.74) is 2.23. The van der Waals surface area contributed by atoms with Crippen molar-refractivity contribution in [2.24, 2.45) is 0 Å². The van der Waals surface area contributed by atoms with Gasteiger partial charge in [0.05, 0.1) is 0 Å². The molecule has 0 bridgehead atoms. The van der Waals surface area contributed by atoms with Gasteiger partial charge in [0.2, 0.25) is 11.8 Å². The van der Waals surface area contributed by atoms with Crippen molar-refractivity contribution in [3.05, 3.63) is 41.5 Å². The van der Waals surface area contributed by atoms with Gasteiger partial charge in [0.1, 0.15) is 0 Å². The maximum Gasteiger partial charge on any atom is 0.246 e. The average molecular weight is 286 g/mol. The van der Waals surface area contributed by atoms with E-state index in [0.717, 1.165) is 18.5 Å². The Bertz CT molecular complexity index is 534. The lowest BCUT2D eigenvalue weighted by atomic mass is 10.1. The molecule has 2 rings (SSSR count). The fourth-order valence-corrected chi connectivity index (χ4v) is 2.40. The molecule has 0 saturated carbocycles. The molecule has 0 unspecified atom stereocenters. The summed E-state index contributed by atoms with van der Waals surface area (Å²) in [4.78, 5) is 27.2. The Hall–Kier alpha value is -2.10. The minimum atomic E-state index is 0.0148. The van der Waals surface area contributed by atoms with Crippen LogP contribution in [0.3, 0.4) is 0 Å². The van der Waals surface area contributed by atoms with Crippen LogP contribution in [0.5, 0.6) is 0 Å². The summed E-state index contributed by atoms with van der Waals surface area (Å²) in [6.45, 7) is 6.29. The van der Waals surface area contributed by atoms with Crippen molar-refractivity contribution in [3.63, 3.8) is 0 Å². The number of carbonyl (C=O) groups is 2. The van der Waals surface area contributed by atoms with Crippen LogP contribution in [0.2, 0.25) is 0 Å². The first kappa shape index (κ1) is 15.3. The Morgan fingerprint density at radius 2 is 1.62 bits per heavy atom. The number of aryl methyl sites for hydroxylation is 1. The second-order valence-electron chi connectivity index (χ2n) is 5.43. The minimum absolute atomic E-state index is 0.0148. The van der Waals surface area contributed by atoms with Gasteiger partial charge in [0, 0.05) is 39.2 Å². The molecule has 0 atom stereocenters. The molecular weight excluding hydrogens is 264 g/mol. The second-order valence-corrected chi connectivity index (χ2v) is 5.43. The summed E-state index contributed by atoms with van der Waals surface area (Å²) >= 11 is 0. The topological polar surface area (TPSA) is 40.6 Å². The summed E-state index contributed by atoms with van der Waals surface area (Å²) in [6.07, 6.45) is 4.30. The Morgan fingerprint density at radius 1 is 1.00 bits per heavy atom. The summed E-state index contributed by atoms with van der Waals surface area (Å²) in [5.74, 6) is 0.0977. The van der Waals surface area contributed by atoms with Gasteiger partial charge in [-0.25, -0.2) is 0 Å². The number of nitrogens with zero attached hydrogens (tertiary/aromatic N) is 2. The molecule has 0 spiro atoms. The number of rotatable bonds is 2. The highest BCUT2D eigenvalue weighted by Gasteiger charge is 2.18. The smallest absolute Gasteiger partial charge is 0.246 e. The van der Waals surface area contributed by atoms with E-state index in [4.69, 9.17) is 0 Å². The first-order valence-corrected chi connectivity index (χ1v) is 7.35. The van der Waals surface area contributed by atoms with E-state index in [1.165, 1.54) is 5.56 Å². The minimum Gasteiger partial charge on any atom is -0.341 e. The van der Waals surface area contributed by atoms with E-state index in [1.54, 1.807) is 17.9 Å². The fraction of sp³-hybridized carbons (Fsp3) is 0.412. The molecule has 0 aliphatic carbocycles. The highest BCUT2D eigenvalue weighted by Crippen LogP contribution is 2.08. The third kappa shape index (κ3) is 4.45. The number of benzene rings is 1. The zero-order valence-corrected chi connectivity index (χ0v) is 12.7. The summed E-state index contributed by atoms with van der Waals surface area (Å²) < 4.78 is 0. The van der Waals surface area contributed by atoms with Crippen LogP contribution >= 0.6 is 0 Å². The van der Waals surface area contributed by atoms with Gasteiger partial charge in [-0.3, -0.25) is 9.59 Å². The molecule has 0 radical (unpaired) electrons. The van der Waals surface area contributed by atoms with Crippen molar-refractivity contribution in [3.8, 4) is 0 Å². The maximum absolute atomic E-state index is 12.2.